The fraction of sp³-hybridized carbons (Fsp3) is 0.158. The van der Waals surface area contributed by atoms with Crippen molar-refractivity contribution in [3.05, 3.63) is 75.2 Å². The van der Waals surface area contributed by atoms with Crippen LogP contribution in [0.3, 0.4) is 0 Å². The maximum absolute atomic E-state index is 13.0. The van der Waals surface area contributed by atoms with Crippen LogP contribution in [-0.4, -0.2) is 11.7 Å². The zero-order valence-corrected chi connectivity index (χ0v) is 14.9. The van der Waals surface area contributed by atoms with Gasteiger partial charge in [-0.3, -0.25) is 9.59 Å². The Morgan fingerprint density at radius 2 is 2.00 bits per heavy atom. The first-order valence-electron chi connectivity index (χ1n) is 7.60. The van der Waals surface area contributed by atoms with Crippen molar-refractivity contribution in [2.45, 2.75) is 17.8 Å². The van der Waals surface area contributed by atoms with Gasteiger partial charge < -0.3 is 5.32 Å². The summed E-state index contributed by atoms with van der Waals surface area (Å²) in [6.45, 7) is 0. The van der Waals surface area contributed by atoms with E-state index in [1.807, 2.05) is 30.3 Å². The van der Waals surface area contributed by atoms with E-state index in [9.17, 15) is 9.59 Å². The predicted molar refractivity (Wildman–Crippen MR) is 97.4 cm³/mol. The average Bonchev–Trinajstić information content (AvgIpc) is 2.81. The lowest BCUT2D eigenvalue weighted by Gasteiger charge is -2.36. The molecule has 2 aromatic carbocycles. The molecule has 0 aromatic heterocycles. The fourth-order valence-corrected chi connectivity index (χ4v) is 4.30. The molecule has 120 valence electrons. The molecule has 3 nitrogen and oxygen atoms in total. The molecule has 4 rings (SSSR count). The highest BCUT2D eigenvalue weighted by Gasteiger charge is 2.53. The Bertz CT molecular complexity index is 908. The molecule has 0 fully saturated rings. The van der Waals surface area contributed by atoms with Gasteiger partial charge in [0.05, 0.1) is 0 Å². The SMILES string of the molecule is O=C1C=C[C@@]2(C(=O)Nc3cc(Cl)ccc32)[C@H](c2cccc(Br)c2)C1. The van der Waals surface area contributed by atoms with Crippen LogP contribution < -0.4 is 5.32 Å². The molecule has 1 aliphatic carbocycles. The molecule has 1 amide bonds. The average molecular weight is 403 g/mol. The lowest BCUT2D eigenvalue weighted by atomic mass is 9.64. The van der Waals surface area contributed by atoms with Gasteiger partial charge >= 0.3 is 0 Å². The normalized spacial score (nSPS) is 25.0. The maximum Gasteiger partial charge on any atom is 0.239 e. The van der Waals surface area contributed by atoms with Crippen LogP contribution in [0.25, 0.3) is 0 Å². The summed E-state index contributed by atoms with van der Waals surface area (Å²) < 4.78 is 0.923. The Morgan fingerprint density at radius 1 is 1.17 bits per heavy atom. The van der Waals surface area contributed by atoms with Gasteiger partial charge in [0, 0.05) is 27.5 Å². The van der Waals surface area contributed by atoms with Crippen molar-refractivity contribution in [2.75, 3.05) is 5.32 Å². The van der Waals surface area contributed by atoms with E-state index in [2.05, 4.69) is 21.2 Å². The van der Waals surface area contributed by atoms with Gasteiger partial charge in [-0.15, -0.1) is 0 Å². The van der Waals surface area contributed by atoms with Crippen molar-refractivity contribution >= 4 is 44.9 Å². The molecule has 1 N–H and O–H groups in total. The van der Waals surface area contributed by atoms with Crippen LogP contribution in [0, 0.1) is 0 Å². The molecule has 2 aromatic rings. The molecule has 0 saturated heterocycles. The smallest absolute Gasteiger partial charge is 0.239 e. The van der Waals surface area contributed by atoms with Crippen molar-refractivity contribution in [3.8, 4) is 0 Å². The highest BCUT2D eigenvalue weighted by atomic mass is 79.9. The van der Waals surface area contributed by atoms with E-state index in [4.69, 9.17) is 11.6 Å². The Balaban J connectivity index is 1.95. The highest BCUT2D eigenvalue weighted by Crippen LogP contribution is 2.52. The van der Waals surface area contributed by atoms with Crippen molar-refractivity contribution < 1.29 is 9.59 Å². The molecular formula is C19H13BrClNO2. The lowest BCUT2D eigenvalue weighted by Crippen LogP contribution is -2.41. The minimum Gasteiger partial charge on any atom is -0.325 e. The van der Waals surface area contributed by atoms with E-state index < -0.39 is 5.41 Å². The number of carbonyl (C=O) groups is 2. The summed E-state index contributed by atoms with van der Waals surface area (Å²) >= 11 is 9.54. The molecule has 0 radical (unpaired) electrons. The van der Waals surface area contributed by atoms with E-state index in [1.165, 1.54) is 6.08 Å². The third-order valence-electron chi connectivity index (χ3n) is 4.79. The van der Waals surface area contributed by atoms with Crippen LogP contribution in [0.2, 0.25) is 5.02 Å². The number of nitrogens with one attached hydrogen (secondary N) is 1. The molecule has 0 unspecified atom stereocenters. The summed E-state index contributed by atoms with van der Waals surface area (Å²) in [6.07, 6.45) is 3.57. The standard InChI is InChI=1S/C19H13BrClNO2/c20-12-3-1-2-11(8-12)16-10-14(23)6-7-19(16)15-5-4-13(21)9-17(15)22-18(19)24/h1-9,16H,10H2,(H,22,24)/t16-,19-/m0/s1. The number of anilines is 1. The Labute approximate surface area is 152 Å². The molecule has 1 aliphatic heterocycles. The number of ketones is 1. The number of hydrogen-bond donors (Lipinski definition) is 1. The molecule has 2 atom stereocenters. The number of rotatable bonds is 1. The molecule has 5 heteroatoms. The van der Waals surface area contributed by atoms with Gasteiger partial charge in [0.25, 0.3) is 0 Å². The number of allylic oxidation sites excluding steroid dienone is 1. The van der Waals surface area contributed by atoms with Gasteiger partial charge in [-0.2, -0.15) is 0 Å². The number of hydrogen-bond acceptors (Lipinski definition) is 2. The van der Waals surface area contributed by atoms with Gasteiger partial charge in [0.15, 0.2) is 5.78 Å². The van der Waals surface area contributed by atoms with Crippen LogP contribution in [0.1, 0.15) is 23.5 Å². The molecule has 24 heavy (non-hydrogen) atoms. The predicted octanol–water partition coefficient (Wildman–Crippen LogP) is 4.61. The van der Waals surface area contributed by atoms with Gasteiger partial charge in [-0.1, -0.05) is 51.8 Å². The van der Waals surface area contributed by atoms with Gasteiger partial charge in [0.1, 0.15) is 5.41 Å². The summed E-state index contributed by atoms with van der Waals surface area (Å²) in [7, 11) is 0. The number of amides is 1. The molecule has 0 saturated carbocycles. The van der Waals surface area contributed by atoms with Crippen LogP contribution in [0.5, 0.6) is 0 Å². The van der Waals surface area contributed by atoms with Gasteiger partial charge in [0.2, 0.25) is 5.91 Å². The van der Waals surface area contributed by atoms with E-state index in [1.54, 1.807) is 18.2 Å². The van der Waals surface area contributed by atoms with Crippen LogP contribution >= 0.6 is 27.5 Å². The number of carbonyl (C=O) groups excluding carboxylic acids is 2. The molecule has 1 heterocycles. The number of benzene rings is 2. The summed E-state index contributed by atoms with van der Waals surface area (Å²) in [6, 6.07) is 13.2. The van der Waals surface area contributed by atoms with Crippen molar-refractivity contribution in [1.29, 1.82) is 0 Å². The van der Waals surface area contributed by atoms with Crippen LogP contribution in [-0.2, 0) is 15.0 Å². The second-order valence-electron chi connectivity index (χ2n) is 6.12. The first kappa shape index (κ1) is 15.6. The largest absolute Gasteiger partial charge is 0.325 e. The summed E-state index contributed by atoms with van der Waals surface area (Å²) in [5.74, 6) is -0.343. The lowest BCUT2D eigenvalue weighted by molar-refractivity contribution is -0.121. The van der Waals surface area contributed by atoms with Gasteiger partial charge in [-0.25, -0.2) is 0 Å². The van der Waals surface area contributed by atoms with Crippen molar-refractivity contribution in [3.63, 3.8) is 0 Å². The third kappa shape index (κ3) is 2.25. The maximum atomic E-state index is 13.0. The number of halogens is 2. The second kappa shape index (κ2) is 5.57. The van der Waals surface area contributed by atoms with Crippen LogP contribution in [0.4, 0.5) is 5.69 Å². The molecular weight excluding hydrogens is 390 g/mol. The molecule has 0 bridgehead atoms. The zero-order chi connectivity index (χ0) is 16.9. The second-order valence-corrected chi connectivity index (χ2v) is 7.48. The summed E-state index contributed by atoms with van der Waals surface area (Å²) in [5, 5.41) is 3.50. The number of fused-ring (bicyclic) bond motifs is 2. The van der Waals surface area contributed by atoms with E-state index in [-0.39, 0.29) is 17.6 Å². The first-order valence-corrected chi connectivity index (χ1v) is 8.77. The van der Waals surface area contributed by atoms with E-state index in [0.717, 1.165) is 15.6 Å². The summed E-state index contributed by atoms with van der Waals surface area (Å²) in [5.41, 5.74) is 1.66. The van der Waals surface area contributed by atoms with Crippen molar-refractivity contribution in [2.24, 2.45) is 0 Å². The zero-order valence-electron chi connectivity index (χ0n) is 12.6. The first-order chi connectivity index (χ1) is 11.5. The van der Waals surface area contributed by atoms with E-state index in [0.29, 0.717) is 17.1 Å². The fourth-order valence-electron chi connectivity index (χ4n) is 3.71. The van der Waals surface area contributed by atoms with Crippen molar-refractivity contribution in [1.82, 2.24) is 0 Å². The molecule has 1 spiro atoms. The molecule has 2 aliphatic rings. The third-order valence-corrected chi connectivity index (χ3v) is 5.52. The highest BCUT2D eigenvalue weighted by molar-refractivity contribution is 9.10. The Hall–Kier alpha value is -1.91. The monoisotopic (exact) mass is 401 g/mol. The minimum absolute atomic E-state index is 0.0285. The van der Waals surface area contributed by atoms with E-state index >= 15 is 0 Å². The topological polar surface area (TPSA) is 46.2 Å². The quantitative estimate of drug-likeness (QED) is 0.757. The Morgan fingerprint density at radius 3 is 2.79 bits per heavy atom. The minimum atomic E-state index is -0.880. The Kier molecular flexibility index (Phi) is 3.62. The summed E-state index contributed by atoms with van der Waals surface area (Å²) in [4.78, 5) is 25.1. The van der Waals surface area contributed by atoms with Crippen LogP contribution in [0.15, 0.2) is 59.1 Å². The van der Waals surface area contributed by atoms with Gasteiger partial charge in [-0.05, 0) is 41.5 Å².